The molecule has 0 bridgehead atoms. The highest BCUT2D eigenvalue weighted by Crippen LogP contribution is 2.39. The van der Waals surface area contributed by atoms with Crippen LogP contribution in [0.1, 0.15) is 54.4 Å². The third-order valence-electron chi connectivity index (χ3n) is 5.83. The molecule has 27 heavy (non-hydrogen) atoms. The van der Waals surface area contributed by atoms with Crippen LogP contribution in [0.5, 0.6) is 0 Å². The number of benzene rings is 1. The molecule has 1 heterocycles. The monoisotopic (exact) mass is 394 g/mol. The van der Waals surface area contributed by atoms with Crippen molar-refractivity contribution in [1.29, 1.82) is 0 Å². The van der Waals surface area contributed by atoms with Gasteiger partial charge >= 0.3 is 5.97 Å². The van der Waals surface area contributed by atoms with Crippen LogP contribution in [0.4, 0.5) is 0 Å². The molecule has 1 saturated heterocycles. The van der Waals surface area contributed by atoms with Crippen LogP contribution in [-0.2, 0) is 14.8 Å². The number of rotatable bonds is 5. The summed E-state index contributed by atoms with van der Waals surface area (Å²) in [6.07, 6.45) is 5.82. The number of hydrogen-bond donors (Lipinski definition) is 2. The maximum Gasteiger partial charge on any atom is 0.322 e. The largest absolute Gasteiger partial charge is 0.480 e. The number of nitrogens with two attached hydrogens (primary N) is 1. The highest BCUT2D eigenvalue weighted by Gasteiger charge is 2.46. The summed E-state index contributed by atoms with van der Waals surface area (Å²) in [5.41, 5.74) is 5.99. The zero-order chi connectivity index (χ0) is 19.8. The molecule has 148 valence electrons. The summed E-state index contributed by atoms with van der Waals surface area (Å²) in [5, 5.41) is 9.63. The topological polar surface area (TPSA) is 118 Å². The Hall–Kier alpha value is -1.93. The lowest BCUT2D eigenvalue weighted by Crippen LogP contribution is -2.40. The van der Waals surface area contributed by atoms with E-state index in [-0.39, 0.29) is 22.9 Å². The lowest BCUT2D eigenvalue weighted by molar-refractivity contribution is -0.140. The van der Waals surface area contributed by atoms with E-state index >= 15 is 0 Å². The molecule has 0 spiro atoms. The summed E-state index contributed by atoms with van der Waals surface area (Å²) in [4.78, 5) is 23.2. The van der Waals surface area contributed by atoms with Gasteiger partial charge in [-0.3, -0.25) is 9.59 Å². The molecule has 3 N–H and O–H groups in total. The fraction of sp³-hybridized carbons (Fsp3) is 0.579. The number of amides is 1. The van der Waals surface area contributed by atoms with Gasteiger partial charge in [-0.15, -0.1) is 0 Å². The first-order chi connectivity index (χ1) is 12.7. The number of sulfonamides is 1. The molecule has 2 atom stereocenters. The van der Waals surface area contributed by atoms with E-state index in [9.17, 15) is 23.1 Å². The summed E-state index contributed by atoms with van der Waals surface area (Å²) < 4.78 is 27.5. The summed E-state index contributed by atoms with van der Waals surface area (Å²) in [5.74, 6) is -1.41. The first kappa shape index (κ1) is 19.8. The van der Waals surface area contributed by atoms with Crippen molar-refractivity contribution >= 4 is 21.9 Å². The average Bonchev–Trinajstić information content (AvgIpc) is 3.08. The zero-order valence-corrected chi connectivity index (χ0v) is 16.2. The van der Waals surface area contributed by atoms with Crippen LogP contribution >= 0.6 is 0 Å². The first-order valence-corrected chi connectivity index (χ1v) is 10.8. The van der Waals surface area contributed by atoms with Gasteiger partial charge < -0.3 is 10.8 Å². The van der Waals surface area contributed by atoms with E-state index in [2.05, 4.69) is 0 Å². The summed E-state index contributed by atoms with van der Waals surface area (Å²) in [6.45, 7) is 1.89. The summed E-state index contributed by atoms with van der Waals surface area (Å²) in [7, 11) is -4.04. The molecule has 1 aromatic carbocycles. The van der Waals surface area contributed by atoms with Gasteiger partial charge in [0.2, 0.25) is 15.9 Å². The van der Waals surface area contributed by atoms with E-state index < -0.39 is 27.9 Å². The zero-order valence-electron chi connectivity index (χ0n) is 15.4. The standard InChI is InChI=1S/C19H26N2O5S/c1-12-7-14(18(20)22)9-16(8-12)27(25,26)21-11-15(10-17(21)19(23)24)13-5-3-2-4-6-13/h7-9,13,15,17H,2-6,10-11H2,1H3,(H2,20,22)(H,23,24)/t15-,17+/m1/s1. The van der Waals surface area contributed by atoms with E-state index in [0.717, 1.165) is 30.0 Å². The Morgan fingerprint density at radius 2 is 1.78 bits per heavy atom. The Morgan fingerprint density at radius 1 is 1.11 bits per heavy atom. The van der Waals surface area contributed by atoms with E-state index in [4.69, 9.17) is 5.73 Å². The van der Waals surface area contributed by atoms with E-state index in [1.807, 2.05) is 0 Å². The molecule has 0 aromatic heterocycles. The van der Waals surface area contributed by atoms with Crippen molar-refractivity contribution in [2.75, 3.05) is 6.54 Å². The quantitative estimate of drug-likeness (QED) is 0.793. The lowest BCUT2D eigenvalue weighted by Gasteiger charge is -2.27. The number of primary amides is 1. The number of carboxylic acid groups (broad SMARTS) is 1. The molecule has 0 radical (unpaired) electrons. The molecular formula is C19H26N2O5S. The second-order valence-electron chi connectivity index (χ2n) is 7.72. The van der Waals surface area contributed by atoms with E-state index in [1.54, 1.807) is 6.92 Å². The molecule has 1 saturated carbocycles. The third kappa shape index (κ3) is 4.01. The maximum atomic E-state index is 13.2. The number of aliphatic carboxylic acids is 1. The second kappa shape index (κ2) is 7.59. The van der Waals surface area contributed by atoms with Crippen LogP contribution in [0.3, 0.4) is 0 Å². The Balaban J connectivity index is 1.94. The van der Waals surface area contributed by atoms with Crippen molar-refractivity contribution in [2.45, 2.75) is 56.4 Å². The van der Waals surface area contributed by atoms with Crippen molar-refractivity contribution in [3.05, 3.63) is 29.3 Å². The second-order valence-corrected chi connectivity index (χ2v) is 9.61. The Labute approximate surface area is 159 Å². The minimum atomic E-state index is -4.04. The molecule has 7 nitrogen and oxygen atoms in total. The van der Waals surface area contributed by atoms with Crippen LogP contribution in [0.15, 0.2) is 23.1 Å². The summed E-state index contributed by atoms with van der Waals surface area (Å²) >= 11 is 0. The van der Waals surface area contributed by atoms with Gasteiger partial charge in [0.05, 0.1) is 4.90 Å². The number of hydrogen-bond acceptors (Lipinski definition) is 4. The van der Waals surface area contributed by atoms with Crippen molar-refractivity contribution < 1.29 is 23.1 Å². The molecule has 1 aliphatic carbocycles. The van der Waals surface area contributed by atoms with Gasteiger partial charge in [0.25, 0.3) is 0 Å². The fourth-order valence-electron chi connectivity index (χ4n) is 4.45. The first-order valence-electron chi connectivity index (χ1n) is 9.36. The molecule has 2 aliphatic rings. The van der Waals surface area contributed by atoms with Gasteiger partial charge in [-0.2, -0.15) is 4.31 Å². The van der Waals surface area contributed by atoms with Crippen LogP contribution < -0.4 is 5.73 Å². The van der Waals surface area contributed by atoms with Crippen LogP contribution in [0.25, 0.3) is 0 Å². The number of carboxylic acids is 1. The highest BCUT2D eigenvalue weighted by atomic mass is 32.2. The Morgan fingerprint density at radius 3 is 2.37 bits per heavy atom. The minimum absolute atomic E-state index is 0.0570. The molecule has 8 heteroatoms. The van der Waals surface area contributed by atoms with Gasteiger partial charge in [0, 0.05) is 12.1 Å². The van der Waals surface area contributed by atoms with Crippen LogP contribution in [0, 0.1) is 18.8 Å². The van der Waals surface area contributed by atoms with Gasteiger partial charge in [0.15, 0.2) is 0 Å². The van der Waals surface area contributed by atoms with Gasteiger partial charge in [-0.05, 0) is 48.9 Å². The lowest BCUT2D eigenvalue weighted by atomic mass is 9.79. The predicted octanol–water partition coefficient (Wildman–Crippen LogP) is 2.14. The molecule has 1 amide bonds. The molecule has 1 aliphatic heterocycles. The van der Waals surface area contributed by atoms with Gasteiger partial charge in [-0.25, -0.2) is 8.42 Å². The molecule has 2 fully saturated rings. The highest BCUT2D eigenvalue weighted by molar-refractivity contribution is 7.89. The number of carbonyl (C=O) groups is 2. The van der Waals surface area contributed by atoms with E-state index in [0.29, 0.717) is 17.9 Å². The van der Waals surface area contributed by atoms with Crippen molar-refractivity contribution in [3.63, 3.8) is 0 Å². The number of aryl methyl sites for hydroxylation is 1. The molecule has 0 unspecified atom stereocenters. The van der Waals surface area contributed by atoms with Gasteiger partial charge in [0.1, 0.15) is 6.04 Å². The smallest absolute Gasteiger partial charge is 0.322 e. The fourth-order valence-corrected chi connectivity index (χ4v) is 6.23. The predicted molar refractivity (Wildman–Crippen MR) is 99.7 cm³/mol. The molecule has 3 rings (SSSR count). The van der Waals surface area contributed by atoms with Crippen LogP contribution in [0.2, 0.25) is 0 Å². The normalized spacial score (nSPS) is 24.8. The van der Waals surface area contributed by atoms with Gasteiger partial charge in [-0.1, -0.05) is 32.1 Å². The average molecular weight is 394 g/mol. The van der Waals surface area contributed by atoms with Crippen molar-refractivity contribution in [1.82, 2.24) is 4.31 Å². The Bertz CT molecular complexity index is 846. The Kier molecular flexibility index (Phi) is 5.58. The SMILES string of the molecule is Cc1cc(C(N)=O)cc(S(=O)(=O)N2C[C@H](C3CCCCC3)C[C@H]2C(=O)O)c1. The maximum absolute atomic E-state index is 13.2. The number of nitrogens with zero attached hydrogens (tertiary/aromatic N) is 1. The third-order valence-corrected chi connectivity index (χ3v) is 7.68. The van der Waals surface area contributed by atoms with E-state index in [1.165, 1.54) is 24.6 Å². The van der Waals surface area contributed by atoms with Crippen molar-refractivity contribution in [3.8, 4) is 0 Å². The molecule has 1 aromatic rings. The number of carbonyl (C=O) groups excluding carboxylic acids is 1. The van der Waals surface area contributed by atoms with Crippen molar-refractivity contribution in [2.24, 2.45) is 17.6 Å². The summed E-state index contributed by atoms with van der Waals surface area (Å²) in [6, 6.07) is 3.14. The van der Waals surface area contributed by atoms with Crippen LogP contribution in [-0.4, -0.2) is 42.3 Å². The molecular weight excluding hydrogens is 368 g/mol. The minimum Gasteiger partial charge on any atom is -0.480 e.